The van der Waals surface area contributed by atoms with Crippen LogP contribution in [0, 0.1) is 6.92 Å². The Morgan fingerprint density at radius 1 is 1.26 bits per heavy atom. The third-order valence-corrected chi connectivity index (χ3v) is 4.79. The highest BCUT2D eigenvalue weighted by Gasteiger charge is 2.15. The number of carbonyl (C=O) groups excluding carboxylic acids is 1. The van der Waals surface area contributed by atoms with Crippen LogP contribution in [-0.4, -0.2) is 30.6 Å². The fourth-order valence-corrected chi connectivity index (χ4v) is 3.17. The van der Waals surface area contributed by atoms with Gasteiger partial charge in [0.05, 0.1) is 6.54 Å². The summed E-state index contributed by atoms with van der Waals surface area (Å²) in [7, 11) is 0. The van der Waals surface area contributed by atoms with Crippen molar-refractivity contribution in [2.24, 2.45) is 0 Å². The Morgan fingerprint density at radius 3 is 2.89 bits per heavy atom. The van der Waals surface area contributed by atoms with Crippen LogP contribution in [0.5, 0.6) is 0 Å². The highest BCUT2D eigenvalue weighted by Crippen LogP contribution is 2.21. The van der Waals surface area contributed by atoms with E-state index in [0.29, 0.717) is 29.8 Å². The first kappa shape index (κ1) is 17.1. The number of hydrogen-bond donors (Lipinski definition) is 1. The molecule has 4 heterocycles. The van der Waals surface area contributed by atoms with Gasteiger partial charge in [-0.05, 0) is 30.5 Å². The zero-order chi connectivity index (χ0) is 18.6. The van der Waals surface area contributed by atoms with E-state index >= 15 is 0 Å². The van der Waals surface area contributed by atoms with Gasteiger partial charge in [0, 0.05) is 29.0 Å². The summed E-state index contributed by atoms with van der Waals surface area (Å²) in [6.07, 6.45) is 5.07. The van der Waals surface area contributed by atoms with Crippen molar-refractivity contribution in [1.82, 2.24) is 30.0 Å². The summed E-state index contributed by atoms with van der Waals surface area (Å²) >= 11 is 1.61. The number of pyridine rings is 1. The molecule has 0 aliphatic carbocycles. The molecule has 0 saturated carbocycles. The first-order chi connectivity index (χ1) is 13.2. The molecule has 4 aromatic rings. The first-order valence-electron chi connectivity index (χ1n) is 8.26. The molecule has 0 bridgehead atoms. The fraction of sp³-hybridized carbons (Fsp3) is 0.167. The standard InChI is InChI=1S/C18H16N6O2S/c1-12-21-15(17-22-18(26-23-17)13-4-6-19-7-5-13)10-24(12)11-16(25)20-9-14-3-2-8-27-14/h2-8,10H,9,11H2,1H3,(H,20,25). The number of rotatable bonds is 6. The summed E-state index contributed by atoms with van der Waals surface area (Å²) in [5, 5.41) is 8.87. The predicted octanol–water partition coefficient (Wildman–Crippen LogP) is 2.68. The van der Waals surface area contributed by atoms with E-state index in [0.717, 1.165) is 10.4 Å². The molecule has 8 nitrogen and oxygen atoms in total. The Labute approximate surface area is 158 Å². The summed E-state index contributed by atoms with van der Waals surface area (Å²) in [6, 6.07) is 7.53. The van der Waals surface area contributed by atoms with Gasteiger partial charge in [-0.25, -0.2) is 4.98 Å². The number of aromatic nitrogens is 5. The normalized spacial score (nSPS) is 10.9. The highest BCUT2D eigenvalue weighted by molar-refractivity contribution is 7.09. The molecule has 0 radical (unpaired) electrons. The van der Waals surface area contributed by atoms with Crippen molar-refractivity contribution in [2.45, 2.75) is 20.0 Å². The number of aryl methyl sites for hydroxylation is 1. The number of thiophene rings is 1. The number of hydrogen-bond acceptors (Lipinski definition) is 7. The van der Waals surface area contributed by atoms with Gasteiger partial charge in [-0.1, -0.05) is 11.2 Å². The van der Waals surface area contributed by atoms with Gasteiger partial charge in [0.2, 0.25) is 11.7 Å². The topological polar surface area (TPSA) is 98.7 Å². The highest BCUT2D eigenvalue weighted by atomic mass is 32.1. The third kappa shape index (κ3) is 3.93. The van der Waals surface area contributed by atoms with Crippen LogP contribution in [0.25, 0.3) is 23.0 Å². The summed E-state index contributed by atoms with van der Waals surface area (Å²) in [5.41, 5.74) is 1.34. The second-order valence-corrected chi connectivity index (χ2v) is 6.85. The van der Waals surface area contributed by atoms with Crippen molar-refractivity contribution in [1.29, 1.82) is 0 Å². The molecule has 0 atom stereocenters. The quantitative estimate of drug-likeness (QED) is 0.552. The second kappa shape index (κ2) is 7.50. The molecule has 0 fully saturated rings. The average molecular weight is 380 g/mol. The van der Waals surface area contributed by atoms with Gasteiger partial charge < -0.3 is 14.4 Å². The molecule has 0 aromatic carbocycles. The molecule has 0 unspecified atom stereocenters. The first-order valence-corrected chi connectivity index (χ1v) is 9.14. The smallest absolute Gasteiger partial charge is 0.258 e. The molecule has 27 heavy (non-hydrogen) atoms. The van der Waals surface area contributed by atoms with E-state index in [1.807, 2.05) is 24.4 Å². The van der Waals surface area contributed by atoms with E-state index in [-0.39, 0.29) is 12.5 Å². The van der Waals surface area contributed by atoms with Gasteiger partial charge in [0.1, 0.15) is 18.1 Å². The Balaban J connectivity index is 1.45. The van der Waals surface area contributed by atoms with Crippen molar-refractivity contribution < 1.29 is 9.32 Å². The van der Waals surface area contributed by atoms with Crippen molar-refractivity contribution >= 4 is 17.2 Å². The van der Waals surface area contributed by atoms with Crippen LogP contribution in [-0.2, 0) is 17.9 Å². The van der Waals surface area contributed by atoms with Gasteiger partial charge >= 0.3 is 0 Å². The van der Waals surface area contributed by atoms with Crippen molar-refractivity contribution in [2.75, 3.05) is 0 Å². The summed E-state index contributed by atoms with van der Waals surface area (Å²) in [6.45, 7) is 2.54. The molecule has 1 N–H and O–H groups in total. The van der Waals surface area contributed by atoms with E-state index in [1.54, 1.807) is 46.6 Å². The number of nitrogens with zero attached hydrogens (tertiary/aromatic N) is 5. The van der Waals surface area contributed by atoms with Crippen LogP contribution >= 0.6 is 11.3 Å². The Kier molecular flexibility index (Phi) is 4.75. The maximum Gasteiger partial charge on any atom is 0.258 e. The van der Waals surface area contributed by atoms with Crippen LogP contribution < -0.4 is 5.32 Å². The fourth-order valence-electron chi connectivity index (χ4n) is 2.52. The van der Waals surface area contributed by atoms with Gasteiger partial charge in [-0.15, -0.1) is 11.3 Å². The Hall–Kier alpha value is -3.33. The number of carbonyl (C=O) groups is 1. The van der Waals surface area contributed by atoms with E-state index in [2.05, 4.69) is 25.4 Å². The van der Waals surface area contributed by atoms with E-state index in [4.69, 9.17) is 4.52 Å². The van der Waals surface area contributed by atoms with E-state index in [9.17, 15) is 4.79 Å². The molecule has 0 aliphatic heterocycles. The minimum Gasteiger partial charge on any atom is -0.350 e. The number of imidazole rings is 1. The number of amides is 1. The van der Waals surface area contributed by atoms with E-state index < -0.39 is 0 Å². The maximum absolute atomic E-state index is 12.2. The minimum atomic E-state index is -0.0824. The molecule has 0 spiro atoms. The zero-order valence-corrected chi connectivity index (χ0v) is 15.3. The monoisotopic (exact) mass is 380 g/mol. The lowest BCUT2D eigenvalue weighted by atomic mass is 10.3. The lowest BCUT2D eigenvalue weighted by molar-refractivity contribution is -0.121. The van der Waals surface area contributed by atoms with Gasteiger partial charge in [0.15, 0.2) is 0 Å². The number of nitrogens with one attached hydrogen (secondary N) is 1. The molecule has 4 rings (SSSR count). The summed E-state index contributed by atoms with van der Waals surface area (Å²) in [4.78, 5) is 26.1. The van der Waals surface area contributed by atoms with Crippen LogP contribution in [0.2, 0.25) is 0 Å². The summed E-state index contributed by atoms with van der Waals surface area (Å²) in [5.74, 6) is 1.39. The van der Waals surface area contributed by atoms with Crippen LogP contribution in [0.1, 0.15) is 10.7 Å². The lowest BCUT2D eigenvalue weighted by Gasteiger charge is -2.05. The minimum absolute atomic E-state index is 0.0824. The van der Waals surface area contributed by atoms with Gasteiger partial charge in [-0.2, -0.15) is 4.98 Å². The van der Waals surface area contributed by atoms with Crippen LogP contribution in [0.3, 0.4) is 0 Å². The average Bonchev–Trinajstić information content (AvgIpc) is 3.43. The lowest BCUT2D eigenvalue weighted by Crippen LogP contribution is -2.26. The zero-order valence-electron chi connectivity index (χ0n) is 14.5. The molecule has 9 heteroatoms. The SMILES string of the molecule is Cc1nc(-c2noc(-c3ccncc3)n2)cn1CC(=O)NCc1cccs1. The molecule has 0 aliphatic rings. The molecule has 136 valence electrons. The van der Waals surface area contributed by atoms with Crippen molar-refractivity contribution in [3.63, 3.8) is 0 Å². The second-order valence-electron chi connectivity index (χ2n) is 5.82. The van der Waals surface area contributed by atoms with Crippen LogP contribution in [0.4, 0.5) is 0 Å². The third-order valence-electron chi connectivity index (χ3n) is 3.91. The van der Waals surface area contributed by atoms with E-state index in [1.165, 1.54) is 0 Å². The molecular weight excluding hydrogens is 364 g/mol. The van der Waals surface area contributed by atoms with Crippen molar-refractivity contribution in [3.8, 4) is 23.0 Å². The molecule has 4 aromatic heterocycles. The van der Waals surface area contributed by atoms with Crippen molar-refractivity contribution in [3.05, 3.63) is 58.9 Å². The molecular formula is C18H16N6O2S. The molecule has 0 saturated heterocycles. The van der Waals surface area contributed by atoms with Crippen LogP contribution in [0.15, 0.2) is 52.8 Å². The summed E-state index contributed by atoms with van der Waals surface area (Å²) < 4.78 is 7.06. The Morgan fingerprint density at radius 2 is 2.11 bits per heavy atom. The van der Waals surface area contributed by atoms with Gasteiger partial charge in [0.25, 0.3) is 5.89 Å². The predicted molar refractivity (Wildman–Crippen MR) is 99.7 cm³/mol. The largest absolute Gasteiger partial charge is 0.350 e. The maximum atomic E-state index is 12.2. The van der Waals surface area contributed by atoms with Gasteiger partial charge in [-0.3, -0.25) is 9.78 Å². The molecule has 1 amide bonds. The Bertz CT molecular complexity index is 1040.